The average Bonchev–Trinajstić information content (AvgIpc) is 2.44. The van der Waals surface area contributed by atoms with Crippen molar-refractivity contribution in [2.75, 3.05) is 6.61 Å². The number of rotatable bonds is 4. The summed E-state index contributed by atoms with van der Waals surface area (Å²) in [5.41, 5.74) is 5.59. The highest BCUT2D eigenvalue weighted by Gasteiger charge is 2.10. The largest absolute Gasteiger partial charge is 0.483 e. The number of hydrogen-bond acceptors (Lipinski definition) is 4. The predicted octanol–water partition coefficient (Wildman–Crippen LogP) is 1.71. The van der Waals surface area contributed by atoms with Gasteiger partial charge in [0.1, 0.15) is 5.75 Å². The van der Waals surface area contributed by atoms with Gasteiger partial charge in [-0.1, -0.05) is 25.4 Å². The number of carbonyl (C=O) groups excluding carboxylic acids is 2. The van der Waals surface area contributed by atoms with Crippen molar-refractivity contribution in [2.24, 2.45) is 5.92 Å². The fraction of sp³-hybridized carbons (Fsp3) is 0.357. The summed E-state index contributed by atoms with van der Waals surface area (Å²) in [6, 6.07) is 5.10. The Bertz CT molecular complexity index is 578. The van der Waals surface area contributed by atoms with Crippen LogP contribution in [0.5, 0.6) is 5.75 Å². The third kappa shape index (κ3) is 6.28. The SMILES string of the molecule is Cc1cc(Cl)ccc1OCC(=O)NNC(=S)NC(=O)C(C)C. The number of halogens is 1. The van der Waals surface area contributed by atoms with Crippen LogP contribution in [0.3, 0.4) is 0 Å². The predicted molar refractivity (Wildman–Crippen MR) is 88.5 cm³/mol. The van der Waals surface area contributed by atoms with Crippen LogP contribution in [-0.2, 0) is 9.59 Å². The maximum Gasteiger partial charge on any atom is 0.276 e. The van der Waals surface area contributed by atoms with Crippen LogP contribution >= 0.6 is 23.8 Å². The highest BCUT2D eigenvalue weighted by atomic mass is 35.5. The number of nitrogens with one attached hydrogen (secondary N) is 3. The Labute approximate surface area is 139 Å². The minimum absolute atomic E-state index is 0.0229. The van der Waals surface area contributed by atoms with Gasteiger partial charge in [-0.2, -0.15) is 0 Å². The topological polar surface area (TPSA) is 79.5 Å². The number of ether oxygens (including phenoxy) is 1. The molecule has 1 aromatic carbocycles. The van der Waals surface area contributed by atoms with Gasteiger partial charge in [-0.05, 0) is 42.9 Å². The van der Waals surface area contributed by atoms with Gasteiger partial charge in [0, 0.05) is 10.9 Å². The molecule has 0 aliphatic carbocycles. The number of amides is 2. The molecule has 0 fully saturated rings. The maximum absolute atomic E-state index is 11.6. The third-order valence-electron chi connectivity index (χ3n) is 2.57. The lowest BCUT2D eigenvalue weighted by atomic mass is 10.2. The molecule has 2 amide bonds. The molecular weight excluding hydrogens is 326 g/mol. The van der Waals surface area contributed by atoms with Crippen molar-refractivity contribution < 1.29 is 14.3 Å². The summed E-state index contributed by atoms with van der Waals surface area (Å²) in [7, 11) is 0. The Balaban J connectivity index is 2.34. The first-order chi connectivity index (χ1) is 10.3. The Kier molecular flexibility index (Phi) is 7.07. The molecule has 3 N–H and O–H groups in total. The van der Waals surface area contributed by atoms with Crippen molar-refractivity contribution in [3.8, 4) is 5.75 Å². The van der Waals surface area contributed by atoms with E-state index in [4.69, 9.17) is 28.6 Å². The molecule has 1 rings (SSSR count). The van der Waals surface area contributed by atoms with Crippen molar-refractivity contribution >= 4 is 40.7 Å². The first kappa shape index (κ1) is 18.2. The van der Waals surface area contributed by atoms with Gasteiger partial charge in [-0.15, -0.1) is 0 Å². The van der Waals surface area contributed by atoms with Gasteiger partial charge in [0.15, 0.2) is 11.7 Å². The fourth-order valence-electron chi connectivity index (χ4n) is 1.37. The van der Waals surface area contributed by atoms with Crippen LogP contribution in [0.2, 0.25) is 5.02 Å². The third-order valence-corrected chi connectivity index (χ3v) is 3.01. The van der Waals surface area contributed by atoms with Crippen LogP contribution < -0.4 is 20.9 Å². The molecule has 0 heterocycles. The number of hydrazine groups is 1. The Morgan fingerprint density at radius 2 is 2.00 bits per heavy atom. The van der Waals surface area contributed by atoms with Crippen LogP contribution in [0.15, 0.2) is 18.2 Å². The molecule has 0 bridgehead atoms. The van der Waals surface area contributed by atoms with E-state index >= 15 is 0 Å². The zero-order valence-corrected chi connectivity index (χ0v) is 14.1. The molecular formula is C14H18ClN3O3S. The van der Waals surface area contributed by atoms with Crippen molar-refractivity contribution in [1.82, 2.24) is 16.2 Å². The summed E-state index contributed by atoms with van der Waals surface area (Å²) in [6.07, 6.45) is 0. The summed E-state index contributed by atoms with van der Waals surface area (Å²) in [6.45, 7) is 5.10. The molecule has 6 nitrogen and oxygen atoms in total. The second-order valence-corrected chi connectivity index (χ2v) is 5.69. The summed E-state index contributed by atoms with van der Waals surface area (Å²) < 4.78 is 5.36. The lowest BCUT2D eigenvalue weighted by molar-refractivity contribution is -0.124. The van der Waals surface area contributed by atoms with Gasteiger partial charge in [0.25, 0.3) is 5.91 Å². The molecule has 0 saturated heterocycles. The van der Waals surface area contributed by atoms with Gasteiger partial charge >= 0.3 is 0 Å². The van der Waals surface area contributed by atoms with E-state index < -0.39 is 5.91 Å². The van der Waals surface area contributed by atoms with Gasteiger partial charge in [-0.3, -0.25) is 20.4 Å². The van der Waals surface area contributed by atoms with Gasteiger partial charge in [0.2, 0.25) is 5.91 Å². The van der Waals surface area contributed by atoms with E-state index in [-0.39, 0.29) is 23.5 Å². The smallest absolute Gasteiger partial charge is 0.276 e. The second-order valence-electron chi connectivity index (χ2n) is 4.84. The summed E-state index contributed by atoms with van der Waals surface area (Å²) in [5, 5.41) is 3.06. The second kappa shape index (κ2) is 8.55. The number of benzene rings is 1. The van der Waals surface area contributed by atoms with Crippen molar-refractivity contribution in [2.45, 2.75) is 20.8 Å². The van der Waals surface area contributed by atoms with Crippen molar-refractivity contribution in [3.05, 3.63) is 28.8 Å². The van der Waals surface area contributed by atoms with Gasteiger partial charge < -0.3 is 10.1 Å². The van der Waals surface area contributed by atoms with Crippen LogP contribution in [0.1, 0.15) is 19.4 Å². The average molecular weight is 344 g/mol. The lowest BCUT2D eigenvalue weighted by Crippen LogP contribution is -2.50. The fourth-order valence-corrected chi connectivity index (χ4v) is 1.75. The number of hydrogen-bond donors (Lipinski definition) is 3. The maximum atomic E-state index is 11.6. The lowest BCUT2D eigenvalue weighted by Gasteiger charge is -2.13. The number of thiocarbonyl (C=S) groups is 1. The molecule has 0 radical (unpaired) electrons. The molecule has 120 valence electrons. The van der Waals surface area contributed by atoms with Crippen molar-refractivity contribution in [3.63, 3.8) is 0 Å². The molecule has 8 heteroatoms. The molecule has 0 saturated carbocycles. The van der Waals surface area contributed by atoms with E-state index in [0.29, 0.717) is 10.8 Å². The Morgan fingerprint density at radius 3 is 2.59 bits per heavy atom. The molecule has 22 heavy (non-hydrogen) atoms. The van der Waals surface area contributed by atoms with E-state index in [9.17, 15) is 9.59 Å². The zero-order chi connectivity index (χ0) is 16.7. The minimum atomic E-state index is -0.435. The molecule has 0 aliphatic rings. The molecule has 1 aromatic rings. The standard InChI is InChI=1S/C14H18ClN3O3S/c1-8(2)13(20)16-14(22)18-17-12(19)7-21-11-5-4-10(15)6-9(11)3/h4-6,8H,7H2,1-3H3,(H,17,19)(H2,16,18,20,22). The van der Waals surface area contributed by atoms with Crippen LogP contribution in [0.4, 0.5) is 0 Å². The highest BCUT2D eigenvalue weighted by molar-refractivity contribution is 7.80. The van der Waals surface area contributed by atoms with Crippen molar-refractivity contribution in [1.29, 1.82) is 0 Å². The van der Waals surface area contributed by atoms with E-state index in [1.165, 1.54) is 0 Å². The number of carbonyl (C=O) groups is 2. The van der Waals surface area contributed by atoms with Crippen LogP contribution in [-0.4, -0.2) is 23.5 Å². The number of aryl methyl sites for hydroxylation is 1. The first-order valence-corrected chi connectivity index (χ1v) is 7.37. The molecule has 0 atom stereocenters. The molecule has 0 aromatic heterocycles. The molecule has 0 aliphatic heterocycles. The molecule has 0 unspecified atom stereocenters. The van der Waals surface area contributed by atoms with E-state index in [0.717, 1.165) is 5.56 Å². The normalized spacial score (nSPS) is 10.0. The van der Waals surface area contributed by atoms with Crippen LogP contribution in [0.25, 0.3) is 0 Å². The van der Waals surface area contributed by atoms with Crippen LogP contribution in [0, 0.1) is 12.8 Å². The van der Waals surface area contributed by atoms with E-state index in [1.807, 2.05) is 6.92 Å². The Morgan fingerprint density at radius 1 is 1.32 bits per heavy atom. The Hall–Kier alpha value is -1.86. The van der Waals surface area contributed by atoms with E-state index in [1.54, 1.807) is 32.0 Å². The monoisotopic (exact) mass is 343 g/mol. The first-order valence-electron chi connectivity index (χ1n) is 6.58. The quantitative estimate of drug-likeness (QED) is 0.573. The summed E-state index contributed by atoms with van der Waals surface area (Å²) in [5.74, 6) is -0.308. The van der Waals surface area contributed by atoms with E-state index in [2.05, 4.69) is 16.2 Å². The van der Waals surface area contributed by atoms with Gasteiger partial charge in [-0.25, -0.2) is 0 Å². The summed E-state index contributed by atoms with van der Waals surface area (Å²) in [4.78, 5) is 23.0. The zero-order valence-electron chi connectivity index (χ0n) is 12.5. The minimum Gasteiger partial charge on any atom is -0.483 e. The highest BCUT2D eigenvalue weighted by Crippen LogP contribution is 2.21. The van der Waals surface area contributed by atoms with Gasteiger partial charge in [0.05, 0.1) is 0 Å². The molecule has 0 spiro atoms. The summed E-state index contributed by atoms with van der Waals surface area (Å²) >= 11 is 10.7.